The molecule has 0 aliphatic heterocycles. The van der Waals surface area contributed by atoms with Crippen LogP contribution in [0.5, 0.6) is 0 Å². The molecule has 0 radical (unpaired) electrons. The molecule has 1 N–H and O–H groups in total. The summed E-state index contributed by atoms with van der Waals surface area (Å²) < 4.78 is 31.4. The molecule has 2 aromatic rings. The van der Waals surface area contributed by atoms with Gasteiger partial charge in [-0.25, -0.2) is 17.8 Å². The highest BCUT2D eigenvalue weighted by Crippen LogP contribution is 2.24. The monoisotopic (exact) mass is 417 g/mol. The summed E-state index contributed by atoms with van der Waals surface area (Å²) in [5, 5.41) is 4.52. The second-order valence-electron chi connectivity index (χ2n) is 8.32. The van der Waals surface area contributed by atoms with E-state index in [1.54, 1.807) is 11.6 Å². The Morgan fingerprint density at radius 2 is 1.38 bits per heavy atom. The molecule has 6 heteroatoms. The minimum Gasteiger partial charge on any atom is -0.236 e. The number of aromatic nitrogens is 2. The van der Waals surface area contributed by atoms with Crippen LogP contribution >= 0.6 is 0 Å². The van der Waals surface area contributed by atoms with Gasteiger partial charge < -0.3 is 0 Å². The average Bonchev–Trinajstić information content (AvgIpc) is 2.99. The van der Waals surface area contributed by atoms with Crippen LogP contribution in [-0.2, 0) is 10.0 Å². The molecule has 3 rings (SSSR count). The lowest BCUT2D eigenvalue weighted by Crippen LogP contribution is -2.35. The molecule has 1 saturated carbocycles. The maximum atomic E-state index is 13.3. The van der Waals surface area contributed by atoms with Crippen molar-refractivity contribution >= 4 is 10.0 Å². The van der Waals surface area contributed by atoms with E-state index in [1.165, 1.54) is 44.9 Å². The topological polar surface area (TPSA) is 64.0 Å². The van der Waals surface area contributed by atoms with E-state index in [0.717, 1.165) is 31.4 Å². The van der Waals surface area contributed by atoms with E-state index >= 15 is 0 Å². The van der Waals surface area contributed by atoms with Crippen molar-refractivity contribution in [1.29, 1.82) is 0 Å². The number of hydrogen-bond acceptors (Lipinski definition) is 3. The normalized spacial score (nSPS) is 18.1. The van der Waals surface area contributed by atoms with Gasteiger partial charge in [0.1, 0.15) is 4.90 Å². The zero-order chi connectivity index (χ0) is 20.7. The SMILES string of the molecule is Cc1nn(-c2ccccc2)c(C)c1S(=O)(=O)NC1CCCCCCCCCCC1. The minimum absolute atomic E-state index is 0.0123. The highest BCUT2D eigenvalue weighted by atomic mass is 32.2. The van der Waals surface area contributed by atoms with Crippen molar-refractivity contribution in [3.05, 3.63) is 41.7 Å². The quantitative estimate of drug-likeness (QED) is 0.720. The van der Waals surface area contributed by atoms with Crippen molar-refractivity contribution in [2.24, 2.45) is 0 Å². The zero-order valence-electron chi connectivity index (χ0n) is 17.9. The summed E-state index contributed by atoms with van der Waals surface area (Å²) in [7, 11) is -3.61. The number of hydrogen-bond donors (Lipinski definition) is 1. The average molecular weight is 418 g/mol. The summed E-state index contributed by atoms with van der Waals surface area (Å²) in [5.74, 6) is 0. The van der Waals surface area contributed by atoms with Gasteiger partial charge in [-0.1, -0.05) is 76.0 Å². The summed E-state index contributed by atoms with van der Waals surface area (Å²) in [6.07, 6.45) is 12.9. The van der Waals surface area contributed by atoms with E-state index in [0.29, 0.717) is 16.3 Å². The van der Waals surface area contributed by atoms with Gasteiger partial charge in [0.05, 0.1) is 17.1 Å². The molecular weight excluding hydrogens is 382 g/mol. The summed E-state index contributed by atoms with van der Waals surface area (Å²) >= 11 is 0. The maximum absolute atomic E-state index is 13.3. The molecule has 1 aliphatic rings. The molecule has 0 atom stereocenters. The Kier molecular flexibility index (Phi) is 7.90. The van der Waals surface area contributed by atoms with Gasteiger partial charge in [-0.05, 0) is 38.8 Å². The first-order chi connectivity index (χ1) is 14.0. The lowest BCUT2D eigenvalue weighted by atomic mass is 9.98. The van der Waals surface area contributed by atoms with E-state index in [9.17, 15) is 8.42 Å². The lowest BCUT2D eigenvalue weighted by molar-refractivity contribution is 0.439. The smallest absolute Gasteiger partial charge is 0.236 e. The Hall–Kier alpha value is -1.66. The van der Waals surface area contributed by atoms with Crippen LogP contribution in [0.2, 0.25) is 0 Å². The van der Waals surface area contributed by atoms with Crippen LogP contribution in [0.4, 0.5) is 0 Å². The lowest BCUT2D eigenvalue weighted by Gasteiger charge is -2.20. The fourth-order valence-corrected chi connectivity index (χ4v) is 6.09. The molecule has 0 bridgehead atoms. The van der Waals surface area contributed by atoms with E-state index < -0.39 is 10.0 Å². The largest absolute Gasteiger partial charge is 0.244 e. The van der Waals surface area contributed by atoms with Crippen LogP contribution in [0.15, 0.2) is 35.2 Å². The molecular formula is C23H35N3O2S. The van der Waals surface area contributed by atoms with Gasteiger partial charge in [-0.3, -0.25) is 0 Å². The molecule has 0 unspecified atom stereocenters. The molecule has 0 amide bonds. The highest BCUT2D eigenvalue weighted by Gasteiger charge is 2.27. The van der Waals surface area contributed by atoms with Crippen LogP contribution in [0, 0.1) is 13.8 Å². The van der Waals surface area contributed by atoms with Gasteiger partial charge in [0.2, 0.25) is 10.0 Å². The minimum atomic E-state index is -3.61. The number of aryl methyl sites for hydroxylation is 1. The van der Waals surface area contributed by atoms with Gasteiger partial charge in [-0.2, -0.15) is 5.10 Å². The third-order valence-corrected chi connectivity index (χ3v) is 7.69. The molecule has 1 fully saturated rings. The number of sulfonamides is 1. The molecule has 1 aliphatic carbocycles. The van der Waals surface area contributed by atoms with Gasteiger partial charge in [0.15, 0.2) is 0 Å². The van der Waals surface area contributed by atoms with Crippen molar-refractivity contribution < 1.29 is 8.42 Å². The van der Waals surface area contributed by atoms with Crippen molar-refractivity contribution in [2.45, 2.75) is 95.4 Å². The number of nitrogens with one attached hydrogen (secondary N) is 1. The van der Waals surface area contributed by atoms with E-state index in [-0.39, 0.29) is 6.04 Å². The highest BCUT2D eigenvalue weighted by molar-refractivity contribution is 7.89. The van der Waals surface area contributed by atoms with E-state index in [1.807, 2.05) is 37.3 Å². The molecule has 1 heterocycles. The Bertz CT molecular complexity index is 863. The summed E-state index contributed by atoms with van der Waals surface area (Å²) in [5.41, 5.74) is 2.09. The van der Waals surface area contributed by atoms with Crippen LogP contribution in [0.25, 0.3) is 5.69 Å². The van der Waals surface area contributed by atoms with Crippen molar-refractivity contribution in [1.82, 2.24) is 14.5 Å². The Balaban J connectivity index is 1.77. The summed E-state index contributed by atoms with van der Waals surface area (Å²) in [4.78, 5) is 0.326. The van der Waals surface area contributed by atoms with Crippen LogP contribution in [-0.4, -0.2) is 24.2 Å². The second-order valence-corrected chi connectivity index (χ2v) is 9.98. The Morgan fingerprint density at radius 3 is 1.93 bits per heavy atom. The summed E-state index contributed by atoms with van der Waals surface area (Å²) in [6, 6.07) is 9.70. The molecule has 1 aromatic carbocycles. The Morgan fingerprint density at radius 1 is 0.862 bits per heavy atom. The van der Waals surface area contributed by atoms with Gasteiger partial charge in [0, 0.05) is 6.04 Å². The third-order valence-electron chi connectivity index (χ3n) is 5.92. The summed E-state index contributed by atoms with van der Waals surface area (Å²) in [6.45, 7) is 3.62. The maximum Gasteiger partial charge on any atom is 0.244 e. The van der Waals surface area contributed by atoms with Gasteiger partial charge in [-0.15, -0.1) is 0 Å². The van der Waals surface area contributed by atoms with Crippen molar-refractivity contribution in [3.63, 3.8) is 0 Å². The van der Waals surface area contributed by atoms with Gasteiger partial charge >= 0.3 is 0 Å². The van der Waals surface area contributed by atoms with Crippen molar-refractivity contribution in [3.8, 4) is 5.69 Å². The first-order valence-corrected chi connectivity index (χ1v) is 12.6. The molecule has 0 spiro atoms. The molecule has 5 nitrogen and oxygen atoms in total. The first kappa shape index (κ1) is 22.0. The predicted molar refractivity (Wildman–Crippen MR) is 118 cm³/mol. The predicted octanol–water partition coefficient (Wildman–Crippen LogP) is 5.44. The first-order valence-electron chi connectivity index (χ1n) is 11.1. The number of benzene rings is 1. The van der Waals surface area contributed by atoms with Crippen LogP contribution in [0.1, 0.15) is 82.0 Å². The van der Waals surface area contributed by atoms with E-state index in [2.05, 4.69) is 9.82 Å². The Labute approximate surface area is 176 Å². The number of rotatable bonds is 4. The van der Waals surface area contributed by atoms with E-state index in [4.69, 9.17) is 0 Å². The fourth-order valence-electron chi connectivity index (χ4n) is 4.40. The van der Waals surface area contributed by atoms with Crippen LogP contribution < -0.4 is 4.72 Å². The van der Waals surface area contributed by atoms with Crippen molar-refractivity contribution in [2.75, 3.05) is 0 Å². The zero-order valence-corrected chi connectivity index (χ0v) is 18.7. The second kappa shape index (κ2) is 10.4. The number of para-hydroxylation sites is 1. The molecule has 1 aromatic heterocycles. The molecule has 0 saturated heterocycles. The standard InChI is InChI=1S/C23H35N3O2S/c1-19-23(20(2)26(24-19)22-17-13-10-14-18-22)29(27,28)25-21-15-11-8-6-4-3-5-7-9-12-16-21/h10,13-14,17-18,21,25H,3-9,11-12,15-16H2,1-2H3. The fraction of sp³-hybridized carbons (Fsp3) is 0.609. The van der Waals surface area contributed by atoms with Gasteiger partial charge in [0.25, 0.3) is 0 Å². The molecule has 29 heavy (non-hydrogen) atoms. The molecule has 160 valence electrons. The third kappa shape index (κ3) is 5.92. The van der Waals surface area contributed by atoms with Crippen LogP contribution in [0.3, 0.4) is 0 Å². The number of nitrogens with zero attached hydrogens (tertiary/aromatic N) is 2.